The van der Waals surface area contributed by atoms with Crippen LogP contribution in [0.5, 0.6) is 0 Å². The molecule has 1 saturated heterocycles. The number of hydrogen-bond donors (Lipinski definition) is 1. The molecule has 0 bridgehead atoms. The van der Waals surface area contributed by atoms with Crippen LogP contribution in [0.3, 0.4) is 0 Å². The molecular weight excluding hydrogens is 242 g/mol. The third-order valence-electron chi connectivity index (χ3n) is 3.51. The number of rotatable bonds is 5. The van der Waals surface area contributed by atoms with Crippen LogP contribution >= 0.6 is 0 Å². The number of carbonyl (C=O) groups is 1. The molecule has 6 nitrogen and oxygen atoms in total. The number of hydrogen-bond acceptors (Lipinski definition) is 3. The van der Waals surface area contributed by atoms with Crippen molar-refractivity contribution in [3.05, 3.63) is 18.5 Å². The monoisotopic (exact) mass is 265 g/mol. The fourth-order valence-corrected chi connectivity index (χ4v) is 2.25. The van der Waals surface area contributed by atoms with Crippen LogP contribution in [0, 0.1) is 0 Å². The topological polar surface area (TPSA) is 53.4 Å². The maximum atomic E-state index is 11.9. The van der Waals surface area contributed by atoms with Gasteiger partial charge in [0.15, 0.2) is 0 Å². The summed E-state index contributed by atoms with van der Waals surface area (Å²) in [5.74, 6) is 0. The Morgan fingerprint density at radius 3 is 2.74 bits per heavy atom. The van der Waals surface area contributed by atoms with E-state index >= 15 is 0 Å². The Morgan fingerprint density at radius 2 is 2.11 bits per heavy atom. The van der Waals surface area contributed by atoms with Crippen LogP contribution in [0.4, 0.5) is 4.79 Å². The summed E-state index contributed by atoms with van der Waals surface area (Å²) in [7, 11) is 0. The summed E-state index contributed by atoms with van der Waals surface area (Å²) in [6.07, 6.45) is 4.61. The third kappa shape index (κ3) is 4.24. The molecule has 0 saturated carbocycles. The molecule has 2 rings (SSSR count). The molecule has 1 aliphatic heterocycles. The quantitative estimate of drug-likeness (QED) is 0.794. The van der Waals surface area contributed by atoms with Gasteiger partial charge in [0, 0.05) is 51.7 Å². The summed E-state index contributed by atoms with van der Waals surface area (Å²) < 4.78 is 1.88. The molecule has 2 amide bonds. The van der Waals surface area contributed by atoms with Gasteiger partial charge in [-0.25, -0.2) is 4.79 Å². The predicted octanol–water partition coefficient (Wildman–Crippen LogP) is 0.620. The fraction of sp³-hybridized carbons (Fsp3) is 0.692. The first-order chi connectivity index (χ1) is 9.29. The zero-order chi connectivity index (χ0) is 13.5. The first kappa shape index (κ1) is 13.9. The van der Waals surface area contributed by atoms with E-state index in [2.05, 4.69) is 22.2 Å². The minimum Gasteiger partial charge on any atom is -0.338 e. The van der Waals surface area contributed by atoms with E-state index in [0.29, 0.717) is 6.54 Å². The molecule has 0 spiro atoms. The van der Waals surface area contributed by atoms with Crippen LogP contribution in [-0.4, -0.2) is 64.9 Å². The highest BCUT2D eigenvalue weighted by Crippen LogP contribution is 2.01. The van der Waals surface area contributed by atoms with Gasteiger partial charge in [0.1, 0.15) is 0 Å². The van der Waals surface area contributed by atoms with Gasteiger partial charge in [0.25, 0.3) is 0 Å². The highest BCUT2D eigenvalue weighted by atomic mass is 16.2. The van der Waals surface area contributed by atoms with E-state index in [9.17, 15) is 4.79 Å². The van der Waals surface area contributed by atoms with E-state index in [1.54, 1.807) is 6.20 Å². The Morgan fingerprint density at radius 1 is 1.32 bits per heavy atom. The van der Waals surface area contributed by atoms with Gasteiger partial charge in [-0.1, -0.05) is 6.92 Å². The zero-order valence-corrected chi connectivity index (χ0v) is 11.6. The molecular formula is C13H23N5O. The van der Waals surface area contributed by atoms with Crippen molar-refractivity contribution >= 4 is 6.03 Å². The molecule has 1 aromatic heterocycles. The van der Waals surface area contributed by atoms with Crippen molar-refractivity contribution in [1.29, 1.82) is 0 Å². The minimum atomic E-state index is 0.0659. The second-order valence-corrected chi connectivity index (χ2v) is 4.78. The number of urea groups is 1. The summed E-state index contributed by atoms with van der Waals surface area (Å²) in [5, 5.41) is 7.10. The number of amides is 2. The van der Waals surface area contributed by atoms with Gasteiger partial charge in [0.05, 0.1) is 0 Å². The lowest BCUT2D eigenvalue weighted by atomic mass is 10.3. The molecule has 19 heavy (non-hydrogen) atoms. The van der Waals surface area contributed by atoms with Gasteiger partial charge in [-0.3, -0.25) is 4.68 Å². The first-order valence-corrected chi connectivity index (χ1v) is 7.02. The largest absolute Gasteiger partial charge is 0.338 e. The summed E-state index contributed by atoms with van der Waals surface area (Å²) >= 11 is 0. The molecule has 0 aromatic carbocycles. The van der Waals surface area contributed by atoms with Crippen LogP contribution in [0.1, 0.15) is 13.3 Å². The summed E-state index contributed by atoms with van der Waals surface area (Å²) in [6, 6.07) is 1.97. The summed E-state index contributed by atoms with van der Waals surface area (Å²) in [6.45, 7) is 8.40. The van der Waals surface area contributed by atoms with Crippen molar-refractivity contribution in [2.24, 2.45) is 0 Å². The number of carbonyl (C=O) groups excluding carboxylic acids is 1. The van der Waals surface area contributed by atoms with Crippen LogP contribution in [0.25, 0.3) is 0 Å². The van der Waals surface area contributed by atoms with E-state index in [-0.39, 0.29) is 6.03 Å². The lowest BCUT2D eigenvalue weighted by Gasteiger charge is -2.34. The number of likely N-dealkylation sites (N-methyl/N-ethyl adjacent to an activating group) is 1. The minimum absolute atomic E-state index is 0.0659. The molecule has 0 radical (unpaired) electrons. The van der Waals surface area contributed by atoms with Crippen molar-refractivity contribution < 1.29 is 4.79 Å². The number of aromatic nitrogens is 2. The molecule has 0 unspecified atom stereocenters. The molecule has 0 aliphatic carbocycles. The van der Waals surface area contributed by atoms with Crippen LogP contribution in [0.15, 0.2) is 18.5 Å². The van der Waals surface area contributed by atoms with Gasteiger partial charge in [-0.15, -0.1) is 0 Å². The third-order valence-corrected chi connectivity index (χ3v) is 3.51. The Hall–Kier alpha value is -1.56. The number of piperazine rings is 1. The smallest absolute Gasteiger partial charge is 0.317 e. The lowest BCUT2D eigenvalue weighted by Crippen LogP contribution is -2.51. The van der Waals surface area contributed by atoms with Gasteiger partial charge in [-0.05, 0) is 19.0 Å². The van der Waals surface area contributed by atoms with Gasteiger partial charge in [-0.2, -0.15) is 5.10 Å². The van der Waals surface area contributed by atoms with E-state index in [1.165, 1.54) is 0 Å². The lowest BCUT2D eigenvalue weighted by molar-refractivity contribution is 0.143. The fourth-order valence-electron chi connectivity index (χ4n) is 2.25. The average Bonchev–Trinajstić information content (AvgIpc) is 2.96. The van der Waals surface area contributed by atoms with Crippen LogP contribution in [-0.2, 0) is 6.54 Å². The van der Waals surface area contributed by atoms with Crippen molar-refractivity contribution in [1.82, 2.24) is 24.9 Å². The second kappa shape index (κ2) is 7.13. The molecule has 106 valence electrons. The van der Waals surface area contributed by atoms with Gasteiger partial charge in [0.2, 0.25) is 0 Å². The highest BCUT2D eigenvalue weighted by Gasteiger charge is 2.19. The van der Waals surface area contributed by atoms with Crippen LogP contribution < -0.4 is 5.32 Å². The van der Waals surface area contributed by atoms with E-state index < -0.39 is 0 Å². The molecule has 6 heteroatoms. The Labute approximate surface area is 114 Å². The molecule has 1 fully saturated rings. The van der Waals surface area contributed by atoms with Gasteiger partial charge >= 0.3 is 6.03 Å². The molecule has 1 aromatic rings. The van der Waals surface area contributed by atoms with Crippen molar-refractivity contribution in [2.45, 2.75) is 19.9 Å². The first-order valence-electron chi connectivity index (χ1n) is 7.02. The Balaban J connectivity index is 1.59. The molecule has 0 atom stereocenters. The maximum Gasteiger partial charge on any atom is 0.317 e. The Kier molecular flexibility index (Phi) is 5.20. The number of nitrogens with zero attached hydrogens (tertiary/aromatic N) is 4. The normalized spacial score (nSPS) is 16.6. The molecule has 2 heterocycles. The van der Waals surface area contributed by atoms with Crippen molar-refractivity contribution in [2.75, 3.05) is 39.3 Å². The average molecular weight is 265 g/mol. The van der Waals surface area contributed by atoms with E-state index in [4.69, 9.17) is 0 Å². The van der Waals surface area contributed by atoms with E-state index in [1.807, 2.05) is 21.8 Å². The van der Waals surface area contributed by atoms with Crippen LogP contribution in [0.2, 0.25) is 0 Å². The van der Waals surface area contributed by atoms with Crippen molar-refractivity contribution in [3.63, 3.8) is 0 Å². The predicted molar refractivity (Wildman–Crippen MR) is 73.9 cm³/mol. The van der Waals surface area contributed by atoms with Crippen molar-refractivity contribution in [3.8, 4) is 0 Å². The second-order valence-electron chi connectivity index (χ2n) is 4.78. The van der Waals surface area contributed by atoms with E-state index in [0.717, 1.165) is 45.7 Å². The summed E-state index contributed by atoms with van der Waals surface area (Å²) in [5.41, 5.74) is 0. The standard InChI is InChI=1S/C13H23N5O/c1-2-16-9-11-17(12-10-16)13(19)14-5-3-7-18-8-4-6-15-18/h4,6,8H,2-3,5,7,9-12H2,1H3,(H,14,19). The Bertz CT molecular complexity index is 370. The maximum absolute atomic E-state index is 11.9. The zero-order valence-electron chi connectivity index (χ0n) is 11.6. The molecule has 1 aliphatic rings. The molecule has 1 N–H and O–H groups in total. The number of aryl methyl sites for hydroxylation is 1. The SMILES string of the molecule is CCN1CCN(C(=O)NCCCn2cccn2)CC1. The number of nitrogens with one attached hydrogen (secondary N) is 1. The van der Waals surface area contributed by atoms with Gasteiger partial charge < -0.3 is 15.1 Å². The summed E-state index contributed by atoms with van der Waals surface area (Å²) in [4.78, 5) is 16.2. The highest BCUT2D eigenvalue weighted by molar-refractivity contribution is 5.74.